The highest BCUT2D eigenvalue weighted by Crippen LogP contribution is 2.78. The van der Waals surface area contributed by atoms with Gasteiger partial charge < -0.3 is 19.3 Å². The van der Waals surface area contributed by atoms with E-state index in [4.69, 9.17) is 14.2 Å². The first-order chi connectivity index (χ1) is 15.1. The Morgan fingerprint density at radius 1 is 1.25 bits per heavy atom. The molecule has 174 valence electrons. The van der Waals surface area contributed by atoms with E-state index in [1.165, 1.54) is 7.11 Å². The lowest BCUT2D eigenvalue weighted by atomic mass is 9.43. The Labute approximate surface area is 187 Å². The molecule has 32 heavy (non-hydrogen) atoms. The molecule has 7 heteroatoms. The Morgan fingerprint density at radius 3 is 2.72 bits per heavy atom. The predicted molar refractivity (Wildman–Crippen MR) is 111 cm³/mol. The number of epoxide rings is 1. The van der Waals surface area contributed by atoms with Crippen molar-refractivity contribution in [2.75, 3.05) is 7.11 Å². The van der Waals surface area contributed by atoms with Crippen LogP contribution < -0.4 is 0 Å². The SMILES string of the molecule is COC(=O)C[C@@H]1CC2=CC(=O)C(O)CC2(C)[C@@]23O[C@@H]2CC2(C)C(CC[C@@]24CCC(=O)O4)C13. The van der Waals surface area contributed by atoms with Crippen molar-refractivity contribution in [3.8, 4) is 0 Å². The fourth-order valence-electron chi connectivity index (χ4n) is 9.00. The average Bonchev–Trinajstić information content (AvgIpc) is 3.22. The van der Waals surface area contributed by atoms with Gasteiger partial charge in [0.15, 0.2) is 5.78 Å². The van der Waals surface area contributed by atoms with Crippen LogP contribution in [0.15, 0.2) is 11.6 Å². The molecule has 2 saturated heterocycles. The van der Waals surface area contributed by atoms with Gasteiger partial charge in [0.25, 0.3) is 0 Å². The lowest BCUT2D eigenvalue weighted by Gasteiger charge is -2.59. The molecule has 5 unspecified atom stereocenters. The van der Waals surface area contributed by atoms with Crippen molar-refractivity contribution < 1.29 is 33.7 Å². The zero-order valence-electron chi connectivity index (χ0n) is 19.0. The van der Waals surface area contributed by atoms with E-state index in [2.05, 4.69) is 13.8 Å². The molecule has 0 amide bonds. The van der Waals surface area contributed by atoms with Gasteiger partial charge in [-0.3, -0.25) is 14.4 Å². The van der Waals surface area contributed by atoms with Crippen LogP contribution in [0.25, 0.3) is 0 Å². The van der Waals surface area contributed by atoms with E-state index in [0.717, 1.165) is 31.3 Å². The van der Waals surface area contributed by atoms with Gasteiger partial charge >= 0.3 is 11.9 Å². The number of rotatable bonds is 2. The van der Waals surface area contributed by atoms with Gasteiger partial charge in [-0.1, -0.05) is 19.4 Å². The van der Waals surface area contributed by atoms with Crippen LogP contribution in [0.1, 0.15) is 65.2 Å². The topological polar surface area (TPSA) is 102 Å². The van der Waals surface area contributed by atoms with Gasteiger partial charge in [0.05, 0.1) is 13.2 Å². The van der Waals surface area contributed by atoms with Crippen LogP contribution in [0.5, 0.6) is 0 Å². The molecule has 0 aromatic rings. The first kappa shape index (κ1) is 20.8. The molecule has 6 aliphatic rings. The Morgan fingerprint density at radius 2 is 2.03 bits per heavy atom. The maximum atomic E-state index is 12.4. The first-order valence-electron chi connectivity index (χ1n) is 12.0. The molecule has 6 rings (SSSR count). The summed E-state index contributed by atoms with van der Waals surface area (Å²) in [6.07, 6.45) is 5.65. The number of hydrogen-bond acceptors (Lipinski definition) is 7. The monoisotopic (exact) mass is 444 g/mol. The molecule has 2 aliphatic heterocycles. The fourth-order valence-corrected chi connectivity index (χ4v) is 9.00. The van der Waals surface area contributed by atoms with Gasteiger partial charge in [0, 0.05) is 23.7 Å². The van der Waals surface area contributed by atoms with E-state index in [9.17, 15) is 19.5 Å². The third kappa shape index (κ3) is 2.27. The van der Waals surface area contributed by atoms with Crippen molar-refractivity contribution in [2.24, 2.45) is 28.6 Å². The van der Waals surface area contributed by atoms with Crippen LogP contribution in [0.3, 0.4) is 0 Å². The number of aliphatic hydroxyl groups excluding tert-OH is 1. The number of carbonyl (C=O) groups is 3. The van der Waals surface area contributed by atoms with E-state index in [-0.39, 0.29) is 53.4 Å². The number of ether oxygens (including phenoxy) is 3. The highest BCUT2D eigenvalue weighted by Gasteiger charge is 2.83. The third-order valence-electron chi connectivity index (χ3n) is 10.5. The average molecular weight is 445 g/mol. The summed E-state index contributed by atoms with van der Waals surface area (Å²) in [5, 5.41) is 10.5. The second-order valence-electron chi connectivity index (χ2n) is 11.5. The largest absolute Gasteiger partial charge is 0.469 e. The van der Waals surface area contributed by atoms with Crippen molar-refractivity contribution in [1.29, 1.82) is 0 Å². The Balaban J connectivity index is 1.47. The fraction of sp³-hybridized carbons (Fsp3) is 0.800. The van der Waals surface area contributed by atoms with Crippen molar-refractivity contribution in [2.45, 2.75) is 88.6 Å². The molecular formula is C25H32O7. The summed E-state index contributed by atoms with van der Waals surface area (Å²) in [5.74, 6) is -0.282. The molecule has 7 nitrogen and oxygen atoms in total. The van der Waals surface area contributed by atoms with Crippen molar-refractivity contribution in [3.05, 3.63) is 11.6 Å². The second-order valence-corrected chi connectivity index (χ2v) is 11.5. The first-order valence-corrected chi connectivity index (χ1v) is 12.0. The van der Waals surface area contributed by atoms with Gasteiger partial charge in [0.2, 0.25) is 0 Å². The molecule has 2 heterocycles. The third-order valence-corrected chi connectivity index (χ3v) is 10.5. The molecule has 2 spiro atoms. The predicted octanol–water partition coefficient (Wildman–Crippen LogP) is 2.49. The molecule has 4 aliphatic carbocycles. The summed E-state index contributed by atoms with van der Waals surface area (Å²) in [5.41, 5.74) is -0.573. The van der Waals surface area contributed by atoms with Crippen LogP contribution in [0.2, 0.25) is 0 Å². The van der Waals surface area contributed by atoms with Crippen molar-refractivity contribution >= 4 is 17.7 Å². The zero-order valence-corrected chi connectivity index (χ0v) is 19.0. The number of esters is 2. The van der Waals surface area contributed by atoms with E-state index < -0.39 is 22.7 Å². The van der Waals surface area contributed by atoms with Crippen molar-refractivity contribution in [3.63, 3.8) is 0 Å². The normalized spacial score (nSPS) is 53.0. The van der Waals surface area contributed by atoms with Crippen LogP contribution >= 0.6 is 0 Å². The minimum Gasteiger partial charge on any atom is -0.469 e. The van der Waals surface area contributed by atoms with E-state index >= 15 is 0 Å². The summed E-state index contributed by atoms with van der Waals surface area (Å²) < 4.78 is 17.7. The van der Waals surface area contributed by atoms with E-state index in [0.29, 0.717) is 19.3 Å². The van der Waals surface area contributed by atoms with Crippen LogP contribution in [-0.4, -0.2) is 53.3 Å². The molecule has 0 aromatic carbocycles. The summed E-state index contributed by atoms with van der Waals surface area (Å²) in [7, 11) is 1.41. The molecule has 0 bridgehead atoms. The van der Waals surface area contributed by atoms with E-state index in [1.807, 2.05) is 0 Å². The van der Waals surface area contributed by atoms with Gasteiger partial charge in [0.1, 0.15) is 17.3 Å². The number of ketones is 1. The summed E-state index contributed by atoms with van der Waals surface area (Å²) in [4.78, 5) is 37.0. The molecule has 9 atom stereocenters. The lowest BCUT2D eigenvalue weighted by Crippen LogP contribution is -2.63. The molecule has 0 radical (unpaired) electrons. The molecule has 3 saturated carbocycles. The Kier molecular flexibility index (Phi) is 4.06. The maximum Gasteiger partial charge on any atom is 0.306 e. The van der Waals surface area contributed by atoms with E-state index in [1.54, 1.807) is 6.08 Å². The maximum absolute atomic E-state index is 12.4. The molecule has 1 N–H and O–H groups in total. The van der Waals surface area contributed by atoms with Crippen LogP contribution in [0, 0.1) is 28.6 Å². The summed E-state index contributed by atoms with van der Waals surface area (Å²) >= 11 is 0. The Bertz CT molecular complexity index is 956. The van der Waals surface area contributed by atoms with Crippen molar-refractivity contribution in [1.82, 2.24) is 0 Å². The smallest absolute Gasteiger partial charge is 0.306 e. The number of methoxy groups -OCH3 is 1. The number of carbonyl (C=O) groups excluding carboxylic acids is 3. The highest BCUT2D eigenvalue weighted by molar-refractivity contribution is 5.95. The van der Waals surface area contributed by atoms with Gasteiger partial charge in [-0.2, -0.15) is 0 Å². The van der Waals surface area contributed by atoms with Gasteiger partial charge in [-0.05, 0) is 62.4 Å². The van der Waals surface area contributed by atoms with Gasteiger partial charge in [-0.15, -0.1) is 0 Å². The number of fused-ring (bicyclic) bond motifs is 4. The Hall–Kier alpha value is -1.73. The number of aliphatic hydroxyl groups is 1. The molecular weight excluding hydrogens is 412 g/mol. The van der Waals surface area contributed by atoms with Crippen LogP contribution in [0.4, 0.5) is 0 Å². The zero-order chi connectivity index (χ0) is 22.7. The minimum absolute atomic E-state index is 0.00769. The quantitative estimate of drug-likeness (QED) is 0.516. The summed E-state index contributed by atoms with van der Waals surface area (Å²) in [6, 6.07) is 0. The summed E-state index contributed by atoms with van der Waals surface area (Å²) in [6.45, 7) is 4.40. The van der Waals surface area contributed by atoms with Crippen LogP contribution in [-0.2, 0) is 28.6 Å². The molecule has 5 fully saturated rings. The minimum atomic E-state index is -1.01. The lowest BCUT2D eigenvalue weighted by molar-refractivity contribution is -0.167. The molecule has 0 aromatic heterocycles. The van der Waals surface area contributed by atoms with Gasteiger partial charge in [-0.25, -0.2) is 0 Å². The highest BCUT2D eigenvalue weighted by atomic mass is 16.6. The second kappa shape index (κ2) is 6.23. The number of hydrogen-bond donors (Lipinski definition) is 1. The standard InChI is InChI=1S/C25H32O7/c1-22-11-17(27)16(26)10-14(22)8-13(9-20(29)30-3)21-15-4-6-24(7-5-19(28)32-24)23(15,2)12-18-25(21,22)31-18/h10,13,15,17-18,21,27H,4-9,11-12H2,1-3H3/t13-,15?,17?,18+,21?,22?,23?,24+,25+/m0/s1.